The molecule has 0 saturated carbocycles. The lowest BCUT2D eigenvalue weighted by Crippen LogP contribution is -2.46. The third-order valence-electron chi connectivity index (χ3n) is 2.83. The van der Waals surface area contributed by atoms with Crippen LogP contribution in [0.1, 0.15) is 0 Å². The Balaban J connectivity index is 2.10. The minimum atomic E-state index is -3.96. The fraction of sp³-hybridized carbons (Fsp3) is 0.231. The number of amides is 1. The number of sulfonamides is 1. The van der Waals surface area contributed by atoms with Crippen molar-refractivity contribution in [3.63, 3.8) is 0 Å². The Bertz CT molecular complexity index is 744. The second-order valence-corrected chi connectivity index (χ2v) is 6.97. The summed E-state index contributed by atoms with van der Waals surface area (Å²) in [6.07, 6.45) is 1.50. The molecule has 1 amide bonds. The zero-order chi connectivity index (χ0) is 16.9. The first-order valence-corrected chi connectivity index (χ1v) is 8.80. The van der Waals surface area contributed by atoms with Gasteiger partial charge in [-0.3, -0.25) is 4.79 Å². The minimum Gasteiger partial charge on any atom is -0.497 e. The van der Waals surface area contributed by atoms with E-state index < -0.39 is 28.6 Å². The maximum Gasteiger partial charge on any atom is 0.246 e. The number of methoxy groups -OCH3 is 1. The van der Waals surface area contributed by atoms with Crippen molar-refractivity contribution < 1.29 is 23.1 Å². The Morgan fingerprint density at radius 3 is 2.61 bits per heavy atom. The van der Waals surface area contributed by atoms with Crippen molar-refractivity contribution in [3.05, 3.63) is 35.8 Å². The molecule has 1 aromatic heterocycles. The molecule has 0 spiro atoms. The van der Waals surface area contributed by atoms with Crippen molar-refractivity contribution in [2.45, 2.75) is 10.9 Å². The number of carbonyl (C=O) groups excluding carboxylic acids is 1. The average molecular weight is 357 g/mol. The Labute approximate surface area is 137 Å². The number of benzene rings is 1. The lowest BCUT2D eigenvalue weighted by atomic mass is 10.3. The third kappa shape index (κ3) is 4.48. The van der Waals surface area contributed by atoms with Gasteiger partial charge in [-0.25, -0.2) is 13.4 Å². The molecule has 0 bridgehead atoms. The molecule has 0 radical (unpaired) electrons. The molecular weight excluding hydrogens is 342 g/mol. The smallest absolute Gasteiger partial charge is 0.246 e. The summed E-state index contributed by atoms with van der Waals surface area (Å²) in [6.45, 7) is -0.688. The van der Waals surface area contributed by atoms with Crippen LogP contribution in [0, 0.1) is 0 Å². The van der Waals surface area contributed by atoms with Crippen LogP contribution < -0.4 is 14.8 Å². The molecule has 23 heavy (non-hydrogen) atoms. The zero-order valence-electron chi connectivity index (χ0n) is 12.1. The van der Waals surface area contributed by atoms with Gasteiger partial charge in [-0.15, -0.1) is 11.3 Å². The molecule has 0 aliphatic carbocycles. The van der Waals surface area contributed by atoms with Crippen molar-refractivity contribution in [1.82, 2.24) is 9.71 Å². The Kier molecular flexibility index (Phi) is 5.66. The predicted octanol–water partition coefficient (Wildman–Crippen LogP) is 0.430. The van der Waals surface area contributed by atoms with E-state index in [4.69, 9.17) is 4.74 Å². The quantitative estimate of drug-likeness (QED) is 0.661. The van der Waals surface area contributed by atoms with E-state index >= 15 is 0 Å². The van der Waals surface area contributed by atoms with Crippen LogP contribution in [0.15, 0.2) is 40.7 Å². The summed E-state index contributed by atoms with van der Waals surface area (Å²) in [6, 6.07) is 4.32. The maximum absolute atomic E-state index is 12.3. The Morgan fingerprint density at radius 2 is 2.09 bits per heavy atom. The first kappa shape index (κ1) is 17.3. The SMILES string of the molecule is COc1ccc(S(=O)(=O)N[C@@H](CO)C(=O)Nc2nccs2)cc1. The number of aromatic nitrogens is 1. The number of ether oxygens (including phenoxy) is 1. The number of hydrogen-bond acceptors (Lipinski definition) is 7. The molecule has 0 aliphatic heterocycles. The van der Waals surface area contributed by atoms with Gasteiger partial charge in [0.2, 0.25) is 15.9 Å². The Hall–Kier alpha value is -2.01. The van der Waals surface area contributed by atoms with Gasteiger partial charge in [0.05, 0.1) is 18.6 Å². The first-order valence-electron chi connectivity index (χ1n) is 6.44. The number of nitrogens with zero attached hydrogens (tertiary/aromatic N) is 1. The molecule has 8 nitrogen and oxygen atoms in total. The lowest BCUT2D eigenvalue weighted by molar-refractivity contribution is -0.118. The van der Waals surface area contributed by atoms with E-state index in [-0.39, 0.29) is 4.90 Å². The highest BCUT2D eigenvalue weighted by molar-refractivity contribution is 7.89. The largest absolute Gasteiger partial charge is 0.497 e. The topological polar surface area (TPSA) is 118 Å². The summed E-state index contributed by atoms with van der Waals surface area (Å²) < 4.78 is 31.6. The molecule has 10 heteroatoms. The maximum atomic E-state index is 12.3. The molecule has 0 fully saturated rings. The molecule has 1 atom stereocenters. The number of anilines is 1. The molecular formula is C13H15N3O5S2. The van der Waals surface area contributed by atoms with Crippen molar-refractivity contribution >= 4 is 32.4 Å². The summed E-state index contributed by atoms with van der Waals surface area (Å²) in [5.74, 6) is -0.191. The molecule has 124 valence electrons. The van der Waals surface area contributed by atoms with E-state index in [2.05, 4.69) is 15.0 Å². The van der Waals surface area contributed by atoms with Crippen LogP contribution >= 0.6 is 11.3 Å². The van der Waals surface area contributed by atoms with Crippen molar-refractivity contribution in [1.29, 1.82) is 0 Å². The highest BCUT2D eigenvalue weighted by Crippen LogP contribution is 2.16. The average Bonchev–Trinajstić information content (AvgIpc) is 3.05. The molecule has 0 aliphatic rings. The number of carbonyl (C=O) groups is 1. The summed E-state index contributed by atoms with van der Waals surface area (Å²) in [4.78, 5) is 15.8. The molecule has 2 rings (SSSR count). The standard InChI is InChI=1S/C13H15N3O5S2/c1-21-9-2-4-10(5-3-9)23(19,20)16-11(8-17)12(18)15-13-14-6-7-22-13/h2-7,11,16-17H,8H2,1H3,(H,14,15,18)/t11-/m0/s1. The monoisotopic (exact) mass is 357 g/mol. The van der Waals surface area contributed by atoms with Gasteiger partial charge in [0.25, 0.3) is 0 Å². The van der Waals surface area contributed by atoms with Crippen LogP contribution in [0.5, 0.6) is 5.75 Å². The van der Waals surface area contributed by atoms with Gasteiger partial charge in [-0.05, 0) is 24.3 Å². The van der Waals surface area contributed by atoms with Crippen molar-refractivity contribution in [2.75, 3.05) is 19.0 Å². The number of aliphatic hydroxyl groups excluding tert-OH is 1. The molecule has 0 saturated heterocycles. The van der Waals surface area contributed by atoms with Crippen LogP contribution in [0.3, 0.4) is 0 Å². The molecule has 2 aromatic rings. The fourth-order valence-corrected chi connectivity index (χ4v) is 3.38. The summed E-state index contributed by atoms with van der Waals surface area (Å²) in [5.41, 5.74) is 0. The van der Waals surface area contributed by atoms with Crippen LogP contribution in [0.25, 0.3) is 0 Å². The Morgan fingerprint density at radius 1 is 1.39 bits per heavy atom. The summed E-state index contributed by atoms with van der Waals surface area (Å²) in [7, 11) is -2.50. The van der Waals surface area contributed by atoms with Gasteiger partial charge in [-0.1, -0.05) is 0 Å². The van der Waals surface area contributed by atoms with Crippen LogP contribution in [0.4, 0.5) is 5.13 Å². The van der Waals surface area contributed by atoms with Crippen LogP contribution in [-0.2, 0) is 14.8 Å². The van der Waals surface area contributed by atoms with E-state index in [1.54, 1.807) is 5.38 Å². The number of aliphatic hydroxyl groups is 1. The normalized spacial score (nSPS) is 12.6. The second kappa shape index (κ2) is 7.51. The van der Waals surface area contributed by atoms with E-state index in [0.29, 0.717) is 10.9 Å². The van der Waals surface area contributed by atoms with Gasteiger partial charge in [-0.2, -0.15) is 4.72 Å². The molecule has 1 heterocycles. The highest BCUT2D eigenvalue weighted by atomic mass is 32.2. The number of rotatable bonds is 7. The van der Waals surface area contributed by atoms with Gasteiger partial charge in [0.15, 0.2) is 5.13 Å². The number of thiazole rings is 1. The van der Waals surface area contributed by atoms with Crippen molar-refractivity contribution in [2.24, 2.45) is 0 Å². The second-order valence-electron chi connectivity index (χ2n) is 4.36. The van der Waals surface area contributed by atoms with Crippen molar-refractivity contribution in [3.8, 4) is 5.75 Å². The predicted molar refractivity (Wildman–Crippen MR) is 84.9 cm³/mol. The van der Waals surface area contributed by atoms with Crippen LogP contribution in [-0.4, -0.2) is 44.2 Å². The molecule has 1 aromatic carbocycles. The lowest BCUT2D eigenvalue weighted by Gasteiger charge is -2.15. The van der Waals surface area contributed by atoms with E-state index in [0.717, 1.165) is 0 Å². The van der Waals surface area contributed by atoms with Gasteiger partial charge in [0, 0.05) is 11.6 Å². The number of hydrogen-bond donors (Lipinski definition) is 3. The third-order valence-corrected chi connectivity index (χ3v) is 5.00. The van der Waals surface area contributed by atoms with Gasteiger partial charge in [0.1, 0.15) is 11.8 Å². The van der Waals surface area contributed by atoms with E-state index in [9.17, 15) is 18.3 Å². The molecule has 3 N–H and O–H groups in total. The fourth-order valence-electron chi connectivity index (χ4n) is 1.66. The van der Waals surface area contributed by atoms with E-state index in [1.165, 1.54) is 48.9 Å². The minimum absolute atomic E-state index is 0.0428. The van der Waals surface area contributed by atoms with Gasteiger partial charge >= 0.3 is 0 Å². The molecule has 0 unspecified atom stereocenters. The summed E-state index contributed by atoms with van der Waals surface area (Å²) >= 11 is 1.18. The zero-order valence-corrected chi connectivity index (χ0v) is 13.7. The highest BCUT2D eigenvalue weighted by Gasteiger charge is 2.25. The number of nitrogens with one attached hydrogen (secondary N) is 2. The van der Waals surface area contributed by atoms with Gasteiger partial charge < -0.3 is 15.2 Å². The van der Waals surface area contributed by atoms with Crippen LogP contribution in [0.2, 0.25) is 0 Å². The summed E-state index contributed by atoms with van der Waals surface area (Å²) in [5, 5.41) is 13.7. The first-order chi connectivity index (χ1) is 11.0. The van der Waals surface area contributed by atoms with E-state index in [1.807, 2.05) is 0 Å².